The molecule has 0 aromatic heterocycles. The zero-order valence-corrected chi connectivity index (χ0v) is 11.5. The molecule has 0 saturated carbocycles. The van der Waals surface area contributed by atoms with Gasteiger partial charge in [-0.15, -0.1) is 0 Å². The molecule has 6 nitrogen and oxygen atoms in total. The predicted molar refractivity (Wildman–Crippen MR) is 71.9 cm³/mol. The quantitative estimate of drug-likeness (QED) is 0.655. The Balaban J connectivity index is 2.68. The molecule has 0 amide bonds. The lowest BCUT2D eigenvalue weighted by atomic mass is 10.2. The minimum Gasteiger partial charge on any atom is -0.493 e. The largest absolute Gasteiger partial charge is 0.493 e. The normalized spacial score (nSPS) is 10.6. The molecule has 19 heavy (non-hydrogen) atoms. The van der Waals surface area contributed by atoms with E-state index in [0.717, 1.165) is 5.69 Å². The Morgan fingerprint density at radius 3 is 2.47 bits per heavy atom. The number of ether oxygens (including phenoxy) is 4. The molecule has 0 atom stereocenters. The zero-order chi connectivity index (χ0) is 14.1. The molecule has 0 fully saturated rings. The van der Waals surface area contributed by atoms with Crippen molar-refractivity contribution in [2.75, 3.05) is 46.4 Å². The first kappa shape index (κ1) is 15.6. The summed E-state index contributed by atoms with van der Waals surface area (Å²) in [5, 5.41) is 12.0. The lowest BCUT2D eigenvalue weighted by Gasteiger charge is -2.16. The second-order valence-electron chi connectivity index (χ2n) is 3.72. The molecule has 1 aromatic carbocycles. The van der Waals surface area contributed by atoms with Crippen LogP contribution in [0.25, 0.3) is 0 Å². The van der Waals surface area contributed by atoms with Gasteiger partial charge in [0.2, 0.25) is 0 Å². The van der Waals surface area contributed by atoms with Gasteiger partial charge in [-0.1, -0.05) is 0 Å². The number of aliphatic hydroxyl groups excluding tert-OH is 1. The first-order valence-corrected chi connectivity index (χ1v) is 5.96. The Hall–Kier alpha value is -1.50. The van der Waals surface area contributed by atoms with Crippen molar-refractivity contribution in [2.45, 2.75) is 6.29 Å². The monoisotopic (exact) mass is 271 g/mol. The van der Waals surface area contributed by atoms with Gasteiger partial charge >= 0.3 is 0 Å². The van der Waals surface area contributed by atoms with Gasteiger partial charge in [0.1, 0.15) is 6.61 Å². The number of rotatable bonds is 9. The summed E-state index contributed by atoms with van der Waals surface area (Å²) < 4.78 is 20.8. The van der Waals surface area contributed by atoms with Gasteiger partial charge in [0, 0.05) is 26.0 Å². The molecule has 0 unspecified atom stereocenters. The maximum Gasteiger partial charge on any atom is 0.173 e. The topological polar surface area (TPSA) is 69.2 Å². The summed E-state index contributed by atoms with van der Waals surface area (Å²) >= 11 is 0. The van der Waals surface area contributed by atoms with E-state index in [1.165, 1.54) is 0 Å². The van der Waals surface area contributed by atoms with Gasteiger partial charge in [-0.2, -0.15) is 0 Å². The lowest BCUT2D eigenvalue weighted by molar-refractivity contribution is -0.0914. The van der Waals surface area contributed by atoms with Crippen LogP contribution < -0.4 is 14.8 Å². The number of benzene rings is 1. The van der Waals surface area contributed by atoms with Gasteiger partial charge in [-0.25, -0.2) is 0 Å². The minimum atomic E-state index is -0.316. The van der Waals surface area contributed by atoms with Gasteiger partial charge in [0.25, 0.3) is 0 Å². The van der Waals surface area contributed by atoms with Crippen molar-refractivity contribution in [3.63, 3.8) is 0 Å². The van der Waals surface area contributed by atoms with E-state index in [1.54, 1.807) is 33.5 Å². The number of nitrogens with one attached hydrogen (secondary N) is 1. The van der Waals surface area contributed by atoms with Crippen LogP contribution in [0, 0.1) is 0 Å². The van der Waals surface area contributed by atoms with Gasteiger partial charge in [0.05, 0.1) is 20.3 Å². The lowest BCUT2D eigenvalue weighted by Crippen LogP contribution is -2.23. The van der Waals surface area contributed by atoms with E-state index in [9.17, 15) is 0 Å². The zero-order valence-electron chi connectivity index (χ0n) is 11.5. The Morgan fingerprint density at radius 2 is 1.89 bits per heavy atom. The highest BCUT2D eigenvalue weighted by Crippen LogP contribution is 2.30. The number of hydrogen-bond acceptors (Lipinski definition) is 6. The maximum absolute atomic E-state index is 8.79. The van der Waals surface area contributed by atoms with Crippen LogP contribution in [0.15, 0.2) is 18.2 Å². The highest BCUT2D eigenvalue weighted by atomic mass is 16.7. The second-order valence-corrected chi connectivity index (χ2v) is 3.72. The van der Waals surface area contributed by atoms with Crippen LogP contribution in [0.5, 0.6) is 11.5 Å². The summed E-state index contributed by atoms with van der Waals surface area (Å²) in [6.45, 7) is 0.688. The minimum absolute atomic E-state index is 0.0454. The molecule has 6 heteroatoms. The van der Waals surface area contributed by atoms with E-state index < -0.39 is 0 Å². The van der Waals surface area contributed by atoms with Crippen molar-refractivity contribution in [3.8, 4) is 11.5 Å². The van der Waals surface area contributed by atoms with Gasteiger partial charge in [-0.3, -0.25) is 0 Å². The van der Waals surface area contributed by atoms with Crippen LogP contribution in [0.4, 0.5) is 5.69 Å². The van der Waals surface area contributed by atoms with Crippen LogP contribution >= 0.6 is 0 Å². The third kappa shape index (κ3) is 4.94. The summed E-state index contributed by atoms with van der Waals surface area (Å²) in [5.41, 5.74) is 0.854. The molecule has 0 radical (unpaired) electrons. The van der Waals surface area contributed by atoms with Crippen molar-refractivity contribution >= 4 is 5.69 Å². The molecular weight excluding hydrogens is 250 g/mol. The van der Waals surface area contributed by atoms with Gasteiger partial charge < -0.3 is 29.4 Å². The van der Waals surface area contributed by atoms with Crippen molar-refractivity contribution in [2.24, 2.45) is 0 Å². The van der Waals surface area contributed by atoms with E-state index in [1.807, 2.05) is 6.07 Å². The van der Waals surface area contributed by atoms with E-state index in [4.69, 9.17) is 24.1 Å². The van der Waals surface area contributed by atoms with Gasteiger partial charge in [0.15, 0.2) is 17.8 Å². The van der Waals surface area contributed by atoms with Crippen molar-refractivity contribution in [1.82, 2.24) is 0 Å². The van der Waals surface area contributed by atoms with Crippen molar-refractivity contribution in [1.29, 1.82) is 0 Å². The average molecular weight is 271 g/mol. The molecule has 0 saturated heterocycles. The fourth-order valence-electron chi connectivity index (χ4n) is 1.52. The molecule has 0 heterocycles. The average Bonchev–Trinajstić information content (AvgIpc) is 2.46. The fourth-order valence-corrected chi connectivity index (χ4v) is 1.52. The van der Waals surface area contributed by atoms with E-state index in [2.05, 4.69) is 5.32 Å². The standard InChI is InChI=1S/C13H21NO5/c1-16-11-5-4-10(8-12(11)19-7-6-15)14-9-13(17-2)18-3/h4-5,8,13-15H,6-7,9H2,1-3H3. The number of methoxy groups -OCH3 is 3. The number of hydrogen-bond donors (Lipinski definition) is 2. The first-order chi connectivity index (χ1) is 9.24. The Labute approximate surface area is 113 Å². The summed E-state index contributed by atoms with van der Waals surface area (Å²) in [4.78, 5) is 0. The molecule has 2 N–H and O–H groups in total. The van der Waals surface area contributed by atoms with Crippen LogP contribution in [0.2, 0.25) is 0 Å². The summed E-state index contributed by atoms with van der Waals surface area (Å²) in [6.07, 6.45) is -0.316. The summed E-state index contributed by atoms with van der Waals surface area (Å²) in [5.74, 6) is 1.20. The maximum atomic E-state index is 8.79. The molecule has 0 aliphatic carbocycles. The molecule has 0 aliphatic rings. The molecule has 0 bridgehead atoms. The molecule has 0 spiro atoms. The predicted octanol–water partition coefficient (Wildman–Crippen LogP) is 1.10. The fraction of sp³-hybridized carbons (Fsp3) is 0.538. The smallest absolute Gasteiger partial charge is 0.173 e. The highest BCUT2D eigenvalue weighted by molar-refractivity contribution is 5.54. The van der Waals surface area contributed by atoms with E-state index in [-0.39, 0.29) is 19.5 Å². The first-order valence-electron chi connectivity index (χ1n) is 5.96. The molecule has 108 valence electrons. The van der Waals surface area contributed by atoms with E-state index in [0.29, 0.717) is 18.0 Å². The van der Waals surface area contributed by atoms with Crippen LogP contribution in [-0.4, -0.2) is 52.5 Å². The number of aliphatic hydroxyl groups is 1. The molecule has 1 aromatic rings. The second kappa shape index (κ2) is 8.58. The van der Waals surface area contributed by atoms with E-state index >= 15 is 0 Å². The van der Waals surface area contributed by atoms with Crippen LogP contribution in [-0.2, 0) is 9.47 Å². The highest BCUT2D eigenvalue weighted by Gasteiger charge is 2.08. The van der Waals surface area contributed by atoms with Gasteiger partial charge in [-0.05, 0) is 12.1 Å². The summed E-state index contributed by atoms with van der Waals surface area (Å²) in [6, 6.07) is 5.47. The molecular formula is C13H21NO5. The van der Waals surface area contributed by atoms with Crippen molar-refractivity contribution < 1.29 is 24.1 Å². The summed E-state index contributed by atoms with van der Waals surface area (Å²) in [7, 11) is 4.74. The Kier molecular flexibility index (Phi) is 7.02. The third-order valence-corrected chi connectivity index (χ3v) is 2.51. The molecule has 1 rings (SSSR count). The molecule has 0 aliphatic heterocycles. The van der Waals surface area contributed by atoms with Crippen LogP contribution in [0.3, 0.4) is 0 Å². The Morgan fingerprint density at radius 1 is 1.16 bits per heavy atom. The SMILES string of the molecule is COc1ccc(NCC(OC)OC)cc1OCCO. The third-order valence-electron chi connectivity index (χ3n) is 2.51. The Bertz CT molecular complexity index is 368. The van der Waals surface area contributed by atoms with Crippen molar-refractivity contribution in [3.05, 3.63) is 18.2 Å². The van der Waals surface area contributed by atoms with Crippen LogP contribution in [0.1, 0.15) is 0 Å². The number of anilines is 1.